The van der Waals surface area contributed by atoms with Crippen molar-refractivity contribution in [3.05, 3.63) is 71.0 Å². The molecule has 0 saturated carbocycles. The van der Waals surface area contributed by atoms with Gasteiger partial charge in [0.05, 0.1) is 29.3 Å². The minimum Gasteiger partial charge on any atom is -0.383 e. The molecule has 1 heterocycles. The Hall–Kier alpha value is -3.10. The molecule has 2 amide bonds. The van der Waals surface area contributed by atoms with Crippen molar-refractivity contribution in [1.29, 1.82) is 0 Å². The smallest absolute Gasteiger partial charge is 0.257 e. The second-order valence-corrected chi connectivity index (χ2v) is 8.36. The SMILES string of the molecule is COCCn1c(SCC(=O)Nc2ccccc2C(=O)Nc2cccc(C)c2)nc(C)c1C. The summed E-state index contributed by atoms with van der Waals surface area (Å²) in [7, 11) is 1.66. The normalized spacial score (nSPS) is 10.8. The number of amides is 2. The van der Waals surface area contributed by atoms with E-state index in [-0.39, 0.29) is 17.6 Å². The molecule has 168 valence electrons. The van der Waals surface area contributed by atoms with Crippen molar-refractivity contribution in [2.75, 3.05) is 30.1 Å². The Labute approximate surface area is 192 Å². The van der Waals surface area contributed by atoms with Gasteiger partial charge in [0.2, 0.25) is 5.91 Å². The number of nitrogens with one attached hydrogen (secondary N) is 2. The molecule has 0 saturated heterocycles. The quantitative estimate of drug-likeness (QED) is 0.469. The zero-order chi connectivity index (χ0) is 23.1. The summed E-state index contributed by atoms with van der Waals surface area (Å²) in [6.45, 7) is 7.16. The summed E-state index contributed by atoms with van der Waals surface area (Å²) in [4.78, 5) is 30.0. The van der Waals surface area contributed by atoms with Gasteiger partial charge in [-0.1, -0.05) is 36.0 Å². The fourth-order valence-electron chi connectivity index (χ4n) is 3.21. The van der Waals surface area contributed by atoms with Crippen molar-refractivity contribution >= 4 is 35.0 Å². The number of hydrogen-bond donors (Lipinski definition) is 2. The van der Waals surface area contributed by atoms with Gasteiger partial charge in [-0.05, 0) is 50.6 Å². The molecule has 8 heteroatoms. The number of aryl methyl sites for hydroxylation is 2. The van der Waals surface area contributed by atoms with Crippen molar-refractivity contribution in [2.24, 2.45) is 0 Å². The topological polar surface area (TPSA) is 85.2 Å². The predicted molar refractivity (Wildman–Crippen MR) is 129 cm³/mol. The van der Waals surface area contributed by atoms with Gasteiger partial charge >= 0.3 is 0 Å². The second-order valence-electron chi connectivity index (χ2n) is 7.42. The Morgan fingerprint density at radius 2 is 1.84 bits per heavy atom. The average Bonchev–Trinajstić information content (AvgIpc) is 3.04. The molecule has 0 fully saturated rings. The maximum absolute atomic E-state index is 12.8. The molecule has 0 bridgehead atoms. The lowest BCUT2D eigenvalue weighted by atomic mass is 10.1. The van der Waals surface area contributed by atoms with E-state index in [4.69, 9.17) is 4.74 Å². The molecule has 2 N–H and O–H groups in total. The maximum Gasteiger partial charge on any atom is 0.257 e. The Morgan fingerprint density at radius 3 is 2.59 bits per heavy atom. The standard InChI is InChI=1S/C24H28N4O3S/c1-16-8-7-9-19(14-16)26-23(30)20-10-5-6-11-21(20)27-22(29)15-32-24-25-17(2)18(3)28(24)12-13-31-4/h5-11,14H,12-13,15H2,1-4H3,(H,26,30)(H,27,29). The van der Waals surface area contributed by atoms with Crippen molar-refractivity contribution in [3.8, 4) is 0 Å². The monoisotopic (exact) mass is 452 g/mol. The van der Waals surface area contributed by atoms with Gasteiger partial charge < -0.3 is 19.9 Å². The van der Waals surface area contributed by atoms with Gasteiger partial charge in [0.25, 0.3) is 5.91 Å². The molecular formula is C24H28N4O3S. The van der Waals surface area contributed by atoms with Gasteiger partial charge in [-0.3, -0.25) is 9.59 Å². The molecule has 0 unspecified atom stereocenters. The Kier molecular flexibility index (Phi) is 8.08. The number of benzene rings is 2. The second kappa shape index (κ2) is 11.0. The van der Waals surface area contributed by atoms with Gasteiger partial charge in [-0.25, -0.2) is 4.98 Å². The number of nitrogens with zero attached hydrogens (tertiary/aromatic N) is 2. The van der Waals surface area contributed by atoms with Crippen LogP contribution in [0.25, 0.3) is 0 Å². The molecule has 0 aliphatic heterocycles. The van der Waals surface area contributed by atoms with Crippen LogP contribution in [-0.4, -0.2) is 40.8 Å². The van der Waals surface area contributed by atoms with Crippen molar-refractivity contribution < 1.29 is 14.3 Å². The van der Waals surface area contributed by atoms with Crippen LogP contribution in [-0.2, 0) is 16.1 Å². The van der Waals surface area contributed by atoms with E-state index in [1.807, 2.05) is 45.0 Å². The number of methoxy groups -OCH3 is 1. The molecule has 7 nitrogen and oxygen atoms in total. The maximum atomic E-state index is 12.8. The number of rotatable bonds is 9. The number of anilines is 2. The average molecular weight is 453 g/mol. The highest BCUT2D eigenvalue weighted by molar-refractivity contribution is 7.99. The molecule has 0 radical (unpaired) electrons. The van der Waals surface area contributed by atoms with E-state index in [1.165, 1.54) is 11.8 Å². The third-order valence-electron chi connectivity index (χ3n) is 5.00. The lowest BCUT2D eigenvalue weighted by Gasteiger charge is -2.12. The zero-order valence-electron chi connectivity index (χ0n) is 18.8. The number of carbonyl (C=O) groups is 2. The fraction of sp³-hybridized carbons (Fsp3) is 0.292. The van der Waals surface area contributed by atoms with Crippen LogP contribution >= 0.6 is 11.8 Å². The van der Waals surface area contributed by atoms with Gasteiger partial charge in [-0.15, -0.1) is 0 Å². The highest BCUT2D eigenvalue weighted by Crippen LogP contribution is 2.23. The Balaban J connectivity index is 1.66. The van der Waals surface area contributed by atoms with E-state index < -0.39 is 0 Å². The number of ether oxygens (including phenoxy) is 1. The number of thioether (sulfide) groups is 1. The first-order chi connectivity index (χ1) is 15.4. The van der Waals surface area contributed by atoms with Gasteiger partial charge in [0.15, 0.2) is 5.16 Å². The highest BCUT2D eigenvalue weighted by atomic mass is 32.2. The summed E-state index contributed by atoms with van der Waals surface area (Å²) in [6.07, 6.45) is 0. The molecule has 32 heavy (non-hydrogen) atoms. The van der Waals surface area contributed by atoms with Crippen LogP contribution in [0.3, 0.4) is 0 Å². The van der Waals surface area contributed by atoms with E-state index in [1.54, 1.807) is 31.4 Å². The molecule has 0 atom stereocenters. The third kappa shape index (κ3) is 5.99. The number of para-hydroxylation sites is 1. The van der Waals surface area contributed by atoms with Crippen molar-refractivity contribution in [2.45, 2.75) is 32.5 Å². The third-order valence-corrected chi connectivity index (χ3v) is 5.97. The van der Waals surface area contributed by atoms with Crippen molar-refractivity contribution in [1.82, 2.24) is 9.55 Å². The lowest BCUT2D eigenvalue weighted by molar-refractivity contribution is -0.113. The molecule has 0 aliphatic carbocycles. The van der Waals surface area contributed by atoms with Crippen LogP contribution in [0.1, 0.15) is 27.3 Å². The Bertz CT molecular complexity index is 1110. The first-order valence-electron chi connectivity index (χ1n) is 10.3. The molecule has 1 aromatic heterocycles. The summed E-state index contributed by atoms with van der Waals surface area (Å²) >= 11 is 1.36. The number of hydrogen-bond acceptors (Lipinski definition) is 5. The summed E-state index contributed by atoms with van der Waals surface area (Å²) in [5, 5.41) is 6.52. The summed E-state index contributed by atoms with van der Waals surface area (Å²) < 4.78 is 7.23. The van der Waals surface area contributed by atoms with Gasteiger partial charge in [0, 0.05) is 25.0 Å². The van der Waals surface area contributed by atoms with Crippen LogP contribution in [0.2, 0.25) is 0 Å². The molecule has 3 aromatic rings. The molecule has 2 aromatic carbocycles. The van der Waals surface area contributed by atoms with Crippen molar-refractivity contribution in [3.63, 3.8) is 0 Å². The van der Waals surface area contributed by atoms with E-state index >= 15 is 0 Å². The van der Waals surface area contributed by atoms with Crippen LogP contribution in [0.4, 0.5) is 11.4 Å². The van der Waals surface area contributed by atoms with E-state index in [9.17, 15) is 9.59 Å². The molecular weight excluding hydrogens is 424 g/mol. The fourth-order valence-corrected chi connectivity index (χ4v) is 4.13. The number of carbonyl (C=O) groups excluding carboxylic acids is 2. The van der Waals surface area contributed by atoms with Crippen LogP contribution in [0.5, 0.6) is 0 Å². The van der Waals surface area contributed by atoms with E-state index in [0.29, 0.717) is 30.1 Å². The molecule has 3 rings (SSSR count). The summed E-state index contributed by atoms with van der Waals surface area (Å²) in [5.74, 6) is -0.306. The minimum absolute atomic E-state index is 0.177. The first-order valence-corrected chi connectivity index (χ1v) is 11.3. The number of imidazole rings is 1. The van der Waals surface area contributed by atoms with Gasteiger partial charge in [0.1, 0.15) is 0 Å². The van der Waals surface area contributed by atoms with Crippen LogP contribution in [0.15, 0.2) is 53.7 Å². The highest BCUT2D eigenvalue weighted by Gasteiger charge is 2.16. The number of aromatic nitrogens is 2. The largest absolute Gasteiger partial charge is 0.383 e. The van der Waals surface area contributed by atoms with Gasteiger partial charge in [-0.2, -0.15) is 0 Å². The predicted octanol–water partition coefficient (Wildman–Crippen LogP) is 4.44. The van der Waals surface area contributed by atoms with E-state index in [0.717, 1.165) is 22.1 Å². The summed E-state index contributed by atoms with van der Waals surface area (Å²) in [5.41, 5.74) is 4.63. The zero-order valence-corrected chi connectivity index (χ0v) is 19.6. The minimum atomic E-state index is -0.277. The Morgan fingerprint density at radius 1 is 1.06 bits per heavy atom. The summed E-state index contributed by atoms with van der Waals surface area (Å²) in [6, 6.07) is 14.5. The lowest BCUT2D eigenvalue weighted by Crippen LogP contribution is -2.19. The van der Waals surface area contributed by atoms with Crippen LogP contribution in [0, 0.1) is 20.8 Å². The molecule has 0 aliphatic rings. The van der Waals surface area contributed by atoms with Crippen LogP contribution < -0.4 is 10.6 Å². The van der Waals surface area contributed by atoms with E-state index in [2.05, 4.69) is 20.2 Å². The first kappa shape index (κ1) is 23.6. The molecule has 0 spiro atoms.